The lowest BCUT2D eigenvalue weighted by Crippen LogP contribution is -2.39. The summed E-state index contributed by atoms with van der Waals surface area (Å²) in [5, 5.41) is 2.78. The lowest BCUT2D eigenvalue weighted by atomic mass is 9.87. The van der Waals surface area contributed by atoms with Gasteiger partial charge in [-0.2, -0.15) is 0 Å². The molecule has 5 heteroatoms. The molecule has 2 heterocycles. The van der Waals surface area contributed by atoms with E-state index in [1.54, 1.807) is 18.2 Å². The molecule has 2 amide bonds. The summed E-state index contributed by atoms with van der Waals surface area (Å²) >= 11 is 0. The lowest BCUT2D eigenvalue weighted by molar-refractivity contribution is -0.118. The van der Waals surface area contributed by atoms with E-state index in [0.717, 1.165) is 32.4 Å². The van der Waals surface area contributed by atoms with E-state index in [1.807, 2.05) is 11.0 Å². The van der Waals surface area contributed by atoms with Crippen molar-refractivity contribution in [1.29, 1.82) is 0 Å². The van der Waals surface area contributed by atoms with Crippen molar-refractivity contribution in [2.75, 3.05) is 25.0 Å². The van der Waals surface area contributed by atoms with Crippen LogP contribution in [0.1, 0.15) is 28.8 Å². The summed E-state index contributed by atoms with van der Waals surface area (Å²) in [6.45, 7) is 1.51. The average molecular weight is 427 g/mol. The topological polar surface area (TPSA) is 58.6 Å². The number of nitrogens with one attached hydrogen (secondary N) is 1. The molecule has 0 spiro atoms. The number of carbonyl (C=O) groups is 2. The Morgan fingerprint density at radius 3 is 2.53 bits per heavy atom. The summed E-state index contributed by atoms with van der Waals surface area (Å²) < 4.78 is 5.39. The molecule has 32 heavy (non-hydrogen) atoms. The van der Waals surface area contributed by atoms with E-state index in [9.17, 15) is 9.59 Å². The molecule has 0 aliphatic carbocycles. The minimum absolute atomic E-state index is 0.00996. The van der Waals surface area contributed by atoms with E-state index < -0.39 is 0 Å². The number of rotatable bonds is 4. The SMILES string of the molecule is O=C1COc2ccc(C(=O)N3CCC(Cc4ccccc4-c4ccccc4)CC3)cc2N1. The summed E-state index contributed by atoms with van der Waals surface area (Å²) in [5.74, 6) is 0.978. The molecule has 1 saturated heterocycles. The summed E-state index contributed by atoms with van der Waals surface area (Å²) in [4.78, 5) is 26.5. The Morgan fingerprint density at radius 1 is 0.969 bits per heavy atom. The normalized spacial score (nSPS) is 16.1. The van der Waals surface area contributed by atoms with Crippen LogP contribution >= 0.6 is 0 Å². The third kappa shape index (κ3) is 4.24. The van der Waals surface area contributed by atoms with Gasteiger partial charge in [0.25, 0.3) is 11.8 Å². The van der Waals surface area contributed by atoms with Crippen LogP contribution in [0.2, 0.25) is 0 Å². The minimum atomic E-state index is -0.196. The van der Waals surface area contributed by atoms with Crippen molar-refractivity contribution in [1.82, 2.24) is 4.90 Å². The van der Waals surface area contributed by atoms with Crippen molar-refractivity contribution < 1.29 is 14.3 Å². The number of fused-ring (bicyclic) bond motifs is 1. The van der Waals surface area contributed by atoms with Gasteiger partial charge in [-0.15, -0.1) is 0 Å². The molecular formula is C27H26N2O3. The second-order valence-electron chi connectivity index (χ2n) is 8.51. The van der Waals surface area contributed by atoms with Gasteiger partial charge in [0.1, 0.15) is 5.75 Å². The summed E-state index contributed by atoms with van der Waals surface area (Å²) in [5.41, 5.74) is 5.07. The van der Waals surface area contributed by atoms with Crippen LogP contribution in [-0.4, -0.2) is 36.4 Å². The average Bonchev–Trinajstić information content (AvgIpc) is 2.84. The second-order valence-corrected chi connectivity index (χ2v) is 8.51. The Morgan fingerprint density at radius 2 is 1.72 bits per heavy atom. The molecule has 5 nitrogen and oxygen atoms in total. The van der Waals surface area contributed by atoms with Gasteiger partial charge in [-0.1, -0.05) is 54.6 Å². The fourth-order valence-electron chi connectivity index (χ4n) is 4.65. The van der Waals surface area contributed by atoms with Gasteiger partial charge in [0.15, 0.2) is 6.61 Å². The number of amides is 2. The molecule has 0 unspecified atom stereocenters. The molecular weight excluding hydrogens is 400 g/mol. The van der Waals surface area contributed by atoms with E-state index in [1.165, 1.54) is 16.7 Å². The van der Waals surface area contributed by atoms with Gasteiger partial charge in [0.2, 0.25) is 0 Å². The molecule has 0 saturated carbocycles. The molecule has 1 N–H and O–H groups in total. The Bertz CT molecular complexity index is 1130. The molecule has 5 rings (SSSR count). The lowest BCUT2D eigenvalue weighted by Gasteiger charge is -2.32. The Kier molecular flexibility index (Phi) is 5.63. The van der Waals surface area contributed by atoms with Crippen LogP contribution in [0.4, 0.5) is 5.69 Å². The van der Waals surface area contributed by atoms with E-state index in [2.05, 4.69) is 53.8 Å². The monoisotopic (exact) mass is 426 g/mol. The highest BCUT2D eigenvalue weighted by Gasteiger charge is 2.26. The maximum absolute atomic E-state index is 13.0. The minimum Gasteiger partial charge on any atom is -0.482 e. The van der Waals surface area contributed by atoms with Gasteiger partial charge in [-0.05, 0) is 60.1 Å². The van der Waals surface area contributed by atoms with Gasteiger partial charge in [0, 0.05) is 18.7 Å². The van der Waals surface area contributed by atoms with Crippen molar-refractivity contribution in [2.24, 2.45) is 5.92 Å². The standard InChI is InChI=1S/C27H26N2O3/c30-26-18-32-25-11-10-22(17-24(25)28-26)27(31)29-14-12-19(13-15-29)16-21-8-4-5-9-23(21)20-6-2-1-3-7-20/h1-11,17,19H,12-16,18H2,(H,28,30). The number of hydrogen-bond donors (Lipinski definition) is 1. The van der Waals surface area contributed by atoms with Crippen molar-refractivity contribution in [3.63, 3.8) is 0 Å². The smallest absolute Gasteiger partial charge is 0.262 e. The first-order valence-corrected chi connectivity index (χ1v) is 11.2. The summed E-state index contributed by atoms with van der Waals surface area (Å²) in [6.07, 6.45) is 2.99. The maximum Gasteiger partial charge on any atom is 0.262 e. The Labute approximate surface area is 188 Å². The van der Waals surface area contributed by atoms with Crippen LogP contribution in [0.3, 0.4) is 0 Å². The van der Waals surface area contributed by atoms with Crippen LogP contribution in [0.5, 0.6) is 5.75 Å². The quantitative estimate of drug-likeness (QED) is 0.653. The molecule has 0 aromatic heterocycles. The number of carbonyl (C=O) groups excluding carboxylic acids is 2. The van der Waals surface area contributed by atoms with Crippen LogP contribution < -0.4 is 10.1 Å². The van der Waals surface area contributed by atoms with E-state index in [4.69, 9.17) is 4.74 Å². The summed E-state index contributed by atoms with van der Waals surface area (Å²) in [7, 11) is 0. The molecule has 0 atom stereocenters. The number of anilines is 1. The van der Waals surface area contributed by atoms with Crippen molar-refractivity contribution in [3.05, 3.63) is 83.9 Å². The third-order valence-electron chi connectivity index (χ3n) is 6.37. The van der Waals surface area contributed by atoms with E-state index in [0.29, 0.717) is 22.9 Å². The molecule has 1 fully saturated rings. The van der Waals surface area contributed by atoms with Gasteiger partial charge in [-0.25, -0.2) is 0 Å². The van der Waals surface area contributed by atoms with Gasteiger partial charge >= 0.3 is 0 Å². The zero-order valence-corrected chi connectivity index (χ0v) is 17.9. The third-order valence-corrected chi connectivity index (χ3v) is 6.37. The first-order valence-electron chi connectivity index (χ1n) is 11.2. The van der Waals surface area contributed by atoms with Crippen molar-refractivity contribution in [2.45, 2.75) is 19.3 Å². The maximum atomic E-state index is 13.0. The zero-order valence-electron chi connectivity index (χ0n) is 17.9. The van der Waals surface area contributed by atoms with Crippen molar-refractivity contribution in [3.8, 4) is 16.9 Å². The van der Waals surface area contributed by atoms with Crippen LogP contribution in [0, 0.1) is 5.92 Å². The molecule has 0 bridgehead atoms. The van der Waals surface area contributed by atoms with Crippen LogP contribution in [-0.2, 0) is 11.2 Å². The number of hydrogen-bond acceptors (Lipinski definition) is 3. The second kappa shape index (κ2) is 8.87. The highest BCUT2D eigenvalue weighted by atomic mass is 16.5. The van der Waals surface area contributed by atoms with Gasteiger partial charge in [0.05, 0.1) is 5.69 Å². The molecule has 3 aromatic carbocycles. The Balaban J connectivity index is 1.23. The predicted molar refractivity (Wildman–Crippen MR) is 125 cm³/mol. The fraction of sp³-hybridized carbons (Fsp3) is 0.259. The molecule has 2 aliphatic rings. The molecule has 3 aromatic rings. The van der Waals surface area contributed by atoms with Crippen molar-refractivity contribution >= 4 is 17.5 Å². The Hall–Kier alpha value is -3.60. The van der Waals surface area contributed by atoms with E-state index >= 15 is 0 Å². The fourth-order valence-corrected chi connectivity index (χ4v) is 4.65. The largest absolute Gasteiger partial charge is 0.482 e. The van der Waals surface area contributed by atoms with Gasteiger partial charge in [-0.3, -0.25) is 9.59 Å². The summed E-state index contributed by atoms with van der Waals surface area (Å²) in [6, 6.07) is 24.4. The van der Waals surface area contributed by atoms with Gasteiger partial charge < -0.3 is 15.0 Å². The number of piperidine rings is 1. The molecule has 0 radical (unpaired) electrons. The predicted octanol–water partition coefficient (Wildman–Crippen LogP) is 4.78. The molecule has 2 aliphatic heterocycles. The zero-order chi connectivity index (χ0) is 21.9. The number of nitrogens with zero attached hydrogens (tertiary/aromatic N) is 1. The molecule has 162 valence electrons. The first-order chi connectivity index (χ1) is 15.7. The highest BCUT2D eigenvalue weighted by Crippen LogP contribution is 2.31. The number of benzene rings is 3. The van der Waals surface area contributed by atoms with E-state index in [-0.39, 0.29) is 18.4 Å². The van der Waals surface area contributed by atoms with Crippen LogP contribution in [0.15, 0.2) is 72.8 Å². The van der Waals surface area contributed by atoms with Crippen LogP contribution in [0.25, 0.3) is 11.1 Å². The highest BCUT2D eigenvalue weighted by molar-refractivity contribution is 5.99. The number of ether oxygens (including phenoxy) is 1. The number of likely N-dealkylation sites (tertiary alicyclic amines) is 1. The first kappa shape index (κ1) is 20.3.